The van der Waals surface area contributed by atoms with E-state index in [4.69, 9.17) is 9.47 Å². The Kier molecular flexibility index (Phi) is 9.92. The number of carbonyl (C=O) groups excluding carboxylic acids is 2. The van der Waals surface area contributed by atoms with Crippen molar-refractivity contribution in [3.63, 3.8) is 0 Å². The van der Waals surface area contributed by atoms with E-state index in [0.29, 0.717) is 35.2 Å². The first-order valence-electron chi connectivity index (χ1n) is 13.1. The van der Waals surface area contributed by atoms with Crippen molar-refractivity contribution in [2.75, 3.05) is 19.8 Å². The SMILES string of the molecule is CCCOc1ccccc1[C@@H](NS(=O)(=O)c1ccc2[nH]c(=O)ccc2c1)C(=O)N(CC(=O)OCC)Cc1cccs1. The summed E-state index contributed by atoms with van der Waals surface area (Å²) >= 11 is 1.41. The Bertz CT molecular complexity index is 1670. The highest BCUT2D eigenvalue weighted by atomic mass is 32.2. The van der Waals surface area contributed by atoms with Crippen LogP contribution in [0.3, 0.4) is 0 Å². The smallest absolute Gasteiger partial charge is 0.325 e. The van der Waals surface area contributed by atoms with Crippen LogP contribution in [0.1, 0.15) is 36.8 Å². The third kappa shape index (κ3) is 7.60. The summed E-state index contributed by atoms with van der Waals surface area (Å²) in [5.41, 5.74) is 0.464. The maximum absolute atomic E-state index is 14.2. The third-order valence-corrected chi connectivity index (χ3v) is 8.36. The lowest BCUT2D eigenvalue weighted by Crippen LogP contribution is -2.44. The number of aromatic amines is 1. The van der Waals surface area contributed by atoms with Crippen molar-refractivity contribution in [3.8, 4) is 5.75 Å². The number of nitrogens with zero attached hydrogens (tertiary/aromatic N) is 1. The van der Waals surface area contributed by atoms with Gasteiger partial charge in [0.2, 0.25) is 21.5 Å². The van der Waals surface area contributed by atoms with Gasteiger partial charge in [0.1, 0.15) is 18.3 Å². The van der Waals surface area contributed by atoms with Crippen molar-refractivity contribution in [3.05, 3.63) is 92.9 Å². The minimum Gasteiger partial charge on any atom is -0.493 e. The molecule has 0 bridgehead atoms. The fraction of sp³-hybridized carbons (Fsp3) is 0.276. The number of rotatable bonds is 13. The van der Waals surface area contributed by atoms with E-state index in [9.17, 15) is 22.8 Å². The lowest BCUT2D eigenvalue weighted by molar-refractivity contribution is -0.149. The van der Waals surface area contributed by atoms with Crippen LogP contribution in [0.25, 0.3) is 10.9 Å². The summed E-state index contributed by atoms with van der Waals surface area (Å²) in [6.07, 6.45) is 0.700. The van der Waals surface area contributed by atoms with E-state index >= 15 is 0 Å². The molecule has 10 nitrogen and oxygen atoms in total. The van der Waals surface area contributed by atoms with Crippen molar-refractivity contribution in [1.82, 2.24) is 14.6 Å². The van der Waals surface area contributed by atoms with Crippen LogP contribution >= 0.6 is 11.3 Å². The average molecular weight is 598 g/mol. The number of pyridine rings is 1. The number of sulfonamides is 1. The highest BCUT2D eigenvalue weighted by Crippen LogP contribution is 2.30. The molecule has 216 valence electrons. The summed E-state index contributed by atoms with van der Waals surface area (Å²) in [7, 11) is -4.28. The molecule has 0 aliphatic rings. The number of ether oxygens (including phenoxy) is 2. The molecule has 0 radical (unpaired) electrons. The van der Waals surface area contributed by atoms with E-state index in [-0.39, 0.29) is 30.2 Å². The largest absolute Gasteiger partial charge is 0.493 e. The first kappa shape index (κ1) is 30.0. The number of H-pyrrole nitrogens is 1. The fourth-order valence-electron chi connectivity index (χ4n) is 4.18. The Morgan fingerprint density at radius 2 is 1.85 bits per heavy atom. The molecule has 2 heterocycles. The fourth-order valence-corrected chi connectivity index (χ4v) is 6.10. The first-order valence-corrected chi connectivity index (χ1v) is 15.4. The summed E-state index contributed by atoms with van der Waals surface area (Å²) in [5.74, 6) is -0.913. The second kappa shape index (κ2) is 13.6. The number of hydrogen-bond acceptors (Lipinski definition) is 8. The standard InChI is InChI=1S/C29H31N3O7S2/c1-3-15-39-25-10-6-5-9-23(25)28(29(35)32(19-27(34)38-4-2)18-21-8-7-16-40-21)31-41(36,37)22-12-13-24-20(17-22)11-14-26(33)30-24/h5-14,16-17,28,31H,3-4,15,18-19H2,1-2H3,(H,30,33)/t28-/m1/s1. The predicted molar refractivity (Wildman–Crippen MR) is 156 cm³/mol. The summed E-state index contributed by atoms with van der Waals surface area (Å²) in [5, 5.41) is 2.35. The van der Waals surface area contributed by atoms with Gasteiger partial charge >= 0.3 is 5.97 Å². The van der Waals surface area contributed by atoms with Crippen molar-refractivity contribution < 1.29 is 27.5 Å². The van der Waals surface area contributed by atoms with Gasteiger partial charge in [0.15, 0.2) is 0 Å². The molecule has 0 aliphatic carbocycles. The van der Waals surface area contributed by atoms with Crippen LogP contribution in [0.2, 0.25) is 0 Å². The van der Waals surface area contributed by atoms with E-state index in [1.807, 2.05) is 24.4 Å². The molecule has 12 heteroatoms. The van der Waals surface area contributed by atoms with E-state index in [2.05, 4.69) is 9.71 Å². The number of para-hydroxylation sites is 1. The second-order valence-electron chi connectivity index (χ2n) is 9.09. The summed E-state index contributed by atoms with van der Waals surface area (Å²) < 4.78 is 41.0. The van der Waals surface area contributed by atoms with E-state index < -0.39 is 27.9 Å². The van der Waals surface area contributed by atoms with Gasteiger partial charge in [-0.15, -0.1) is 11.3 Å². The molecule has 0 saturated heterocycles. The molecule has 2 aromatic carbocycles. The Morgan fingerprint density at radius 1 is 1.05 bits per heavy atom. The molecule has 0 unspecified atom stereocenters. The van der Waals surface area contributed by atoms with Gasteiger partial charge in [0, 0.05) is 22.0 Å². The van der Waals surface area contributed by atoms with Crippen LogP contribution in [-0.4, -0.2) is 49.9 Å². The summed E-state index contributed by atoms with van der Waals surface area (Å²) in [6, 6.07) is 16.0. The van der Waals surface area contributed by atoms with Gasteiger partial charge in [-0.1, -0.05) is 31.2 Å². The highest BCUT2D eigenvalue weighted by Gasteiger charge is 2.34. The Hall–Kier alpha value is -4.00. The topological polar surface area (TPSA) is 135 Å². The van der Waals surface area contributed by atoms with Crippen LogP contribution in [0.5, 0.6) is 5.75 Å². The second-order valence-corrected chi connectivity index (χ2v) is 11.8. The van der Waals surface area contributed by atoms with Crippen LogP contribution in [0, 0.1) is 0 Å². The average Bonchev–Trinajstić information content (AvgIpc) is 3.47. The highest BCUT2D eigenvalue weighted by molar-refractivity contribution is 7.89. The summed E-state index contributed by atoms with van der Waals surface area (Å²) in [4.78, 5) is 43.0. The zero-order valence-corrected chi connectivity index (χ0v) is 24.3. The number of amides is 1. The Balaban J connectivity index is 1.77. The molecule has 0 fully saturated rings. The molecule has 0 aliphatic heterocycles. The lowest BCUT2D eigenvalue weighted by atomic mass is 10.0. The van der Waals surface area contributed by atoms with Crippen molar-refractivity contribution >= 4 is 44.1 Å². The Morgan fingerprint density at radius 3 is 2.59 bits per heavy atom. The third-order valence-electron chi connectivity index (χ3n) is 6.08. The van der Waals surface area contributed by atoms with Crippen molar-refractivity contribution in [2.24, 2.45) is 0 Å². The zero-order chi connectivity index (χ0) is 29.4. The molecular formula is C29H31N3O7S2. The number of nitrogens with one attached hydrogen (secondary N) is 2. The number of fused-ring (bicyclic) bond motifs is 1. The van der Waals surface area contributed by atoms with Gasteiger partial charge in [-0.3, -0.25) is 14.4 Å². The molecule has 41 heavy (non-hydrogen) atoms. The van der Waals surface area contributed by atoms with E-state index in [1.54, 1.807) is 31.2 Å². The molecule has 4 rings (SSSR count). The molecular weight excluding hydrogens is 566 g/mol. The molecule has 0 spiro atoms. The predicted octanol–water partition coefficient (Wildman–Crippen LogP) is 3.99. The van der Waals surface area contributed by atoms with Crippen LogP contribution in [0.15, 0.2) is 81.8 Å². The van der Waals surface area contributed by atoms with E-state index in [0.717, 1.165) is 4.88 Å². The Labute approximate surface area is 242 Å². The van der Waals surface area contributed by atoms with Crippen molar-refractivity contribution in [1.29, 1.82) is 0 Å². The molecule has 1 atom stereocenters. The molecule has 2 aromatic heterocycles. The van der Waals surface area contributed by atoms with Gasteiger partial charge in [-0.2, -0.15) is 4.72 Å². The quantitative estimate of drug-likeness (QED) is 0.223. The molecule has 4 aromatic rings. The van der Waals surface area contributed by atoms with Crippen LogP contribution < -0.4 is 15.0 Å². The molecule has 1 amide bonds. The maximum atomic E-state index is 14.2. The van der Waals surface area contributed by atoms with Gasteiger partial charge in [0.05, 0.1) is 24.7 Å². The van der Waals surface area contributed by atoms with Gasteiger partial charge in [-0.05, 0) is 60.5 Å². The number of thiophene rings is 1. The van der Waals surface area contributed by atoms with Gasteiger partial charge < -0.3 is 19.4 Å². The van der Waals surface area contributed by atoms with Crippen LogP contribution in [-0.2, 0) is 30.9 Å². The maximum Gasteiger partial charge on any atom is 0.325 e. The normalized spacial score (nSPS) is 12.1. The molecule has 2 N–H and O–H groups in total. The van der Waals surface area contributed by atoms with Crippen LogP contribution in [0.4, 0.5) is 0 Å². The number of benzene rings is 2. The van der Waals surface area contributed by atoms with Gasteiger partial charge in [0.25, 0.3) is 0 Å². The minimum atomic E-state index is -4.28. The lowest BCUT2D eigenvalue weighted by Gasteiger charge is -2.28. The van der Waals surface area contributed by atoms with Crippen molar-refractivity contribution in [2.45, 2.75) is 37.8 Å². The number of aromatic nitrogens is 1. The first-order chi connectivity index (χ1) is 19.7. The zero-order valence-electron chi connectivity index (χ0n) is 22.7. The van der Waals surface area contributed by atoms with E-state index in [1.165, 1.54) is 46.6 Å². The minimum absolute atomic E-state index is 0.0782. The number of carbonyl (C=O) groups is 2. The summed E-state index contributed by atoms with van der Waals surface area (Å²) in [6.45, 7) is 3.80. The van der Waals surface area contributed by atoms with Gasteiger partial charge in [-0.25, -0.2) is 8.42 Å². The molecule has 0 saturated carbocycles. The monoisotopic (exact) mass is 597 g/mol. The number of esters is 1. The number of hydrogen-bond donors (Lipinski definition) is 2.